The summed E-state index contributed by atoms with van der Waals surface area (Å²) >= 11 is 0. The minimum Gasteiger partial charge on any atom is -0.300 e. The maximum Gasteiger partial charge on any atom is 0.133 e. The topological polar surface area (TPSA) is 17.1 Å². The van der Waals surface area contributed by atoms with Crippen LogP contribution in [0.15, 0.2) is 0 Å². The Hall–Kier alpha value is -0.330. The zero-order chi connectivity index (χ0) is 6.27. The Labute approximate surface area is 55.4 Å². The highest BCUT2D eigenvalue weighted by Crippen LogP contribution is 2.41. The van der Waals surface area contributed by atoms with Gasteiger partial charge in [-0.05, 0) is 31.1 Å². The zero-order valence-corrected chi connectivity index (χ0v) is 5.47. The summed E-state index contributed by atoms with van der Waals surface area (Å²) < 4.78 is 0. The summed E-state index contributed by atoms with van der Waals surface area (Å²) in [4.78, 5) is 10.8. The van der Waals surface area contributed by atoms with Crippen molar-refractivity contribution in [2.24, 2.45) is 11.8 Å². The predicted molar refractivity (Wildman–Crippen MR) is 34.8 cm³/mol. The molecule has 0 aromatic carbocycles. The monoisotopic (exact) mass is 123 g/mol. The van der Waals surface area contributed by atoms with Gasteiger partial charge in [0.2, 0.25) is 0 Å². The zero-order valence-electron chi connectivity index (χ0n) is 5.47. The Balaban J connectivity index is 2.09. The molecule has 0 heterocycles. The lowest BCUT2D eigenvalue weighted by Crippen LogP contribution is -1.95. The van der Waals surface area contributed by atoms with E-state index >= 15 is 0 Å². The molecule has 1 nitrogen and oxygen atoms in total. The number of Topliss-reactive ketones (excluding diaryl/α,β-unsaturated/α-hetero) is 1. The Morgan fingerprint density at radius 2 is 1.78 bits per heavy atom. The van der Waals surface area contributed by atoms with Crippen molar-refractivity contribution in [3.63, 3.8) is 0 Å². The molecular formula is C8H11O. The third-order valence-corrected chi connectivity index (χ3v) is 2.59. The van der Waals surface area contributed by atoms with E-state index < -0.39 is 0 Å². The molecular weight excluding hydrogens is 112 g/mol. The van der Waals surface area contributed by atoms with Crippen LogP contribution in [0.1, 0.15) is 25.7 Å². The molecule has 0 bridgehead atoms. The van der Waals surface area contributed by atoms with Crippen LogP contribution in [0.3, 0.4) is 0 Å². The maximum atomic E-state index is 10.8. The summed E-state index contributed by atoms with van der Waals surface area (Å²) in [6, 6.07) is 0. The van der Waals surface area contributed by atoms with E-state index in [2.05, 4.69) is 6.42 Å². The Morgan fingerprint density at radius 3 is 2.33 bits per heavy atom. The van der Waals surface area contributed by atoms with Crippen molar-refractivity contribution in [1.29, 1.82) is 0 Å². The van der Waals surface area contributed by atoms with E-state index in [0.717, 1.165) is 24.7 Å². The van der Waals surface area contributed by atoms with Gasteiger partial charge < -0.3 is 0 Å². The van der Waals surface area contributed by atoms with E-state index in [1.54, 1.807) is 0 Å². The van der Waals surface area contributed by atoms with Crippen LogP contribution in [0.4, 0.5) is 0 Å². The van der Waals surface area contributed by atoms with Gasteiger partial charge in [-0.25, -0.2) is 0 Å². The van der Waals surface area contributed by atoms with Gasteiger partial charge in [0.1, 0.15) is 5.78 Å². The molecule has 2 aliphatic rings. The molecule has 2 rings (SSSR count). The second kappa shape index (κ2) is 1.83. The molecule has 2 fully saturated rings. The first-order valence-electron chi connectivity index (χ1n) is 3.69. The fourth-order valence-corrected chi connectivity index (χ4v) is 2.08. The summed E-state index contributed by atoms with van der Waals surface area (Å²) in [5, 5.41) is 0. The van der Waals surface area contributed by atoms with E-state index in [1.807, 2.05) is 0 Å². The van der Waals surface area contributed by atoms with Gasteiger partial charge in [-0.2, -0.15) is 0 Å². The highest BCUT2D eigenvalue weighted by Gasteiger charge is 2.35. The molecule has 0 spiro atoms. The lowest BCUT2D eigenvalue weighted by Gasteiger charge is -2.03. The predicted octanol–water partition coefficient (Wildman–Crippen LogP) is 1.58. The minimum absolute atomic E-state index is 0.498. The van der Waals surface area contributed by atoms with Gasteiger partial charge in [0, 0.05) is 12.8 Å². The minimum atomic E-state index is 0.498. The SMILES string of the molecule is O=C1CC2C[CH]CC2C1. The third-order valence-electron chi connectivity index (χ3n) is 2.59. The third kappa shape index (κ3) is 0.790. The fraction of sp³-hybridized carbons (Fsp3) is 0.750. The van der Waals surface area contributed by atoms with Gasteiger partial charge in [-0.1, -0.05) is 0 Å². The van der Waals surface area contributed by atoms with E-state index in [0.29, 0.717) is 5.78 Å². The van der Waals surface area contributed by atoms with E-state index in [9.17, 15) is 4.79 Å². The molecule has 2 saturated carbocycles. The lowest BCUT2D eigenvalue weighted by molar-refractivity contribution is -0.117. The summed E-state index contributed by atoms with van der Waals surface area (Å²) in [5.41, 5.74) is 0. The number of rotatable bonds is 0. The summed E-state index contributed by atoms with van der Waals surface area (Å²) in [6.45, 7) is 0. The van der Waals surface area contributed by atoms with E-state index in [1.165, 1.54) is 12.8 Å². The second-order valence-corrected chi connectivity index (χ2v) is 3.23. The number of hydrogen-bond donors (Lipinski definition) is 0. The number of carbonyl (C=O) groups excluding carboxylic acids is 1. The van der Waals surface area contributed by atoms with Gasteiger partial charge in [0.15, 0.2) is 0 Å². The molecule has 1 heteroatoms. The van der Waals surface area contributed by atoms with Crippen LogP contribution in [-0.2, 0) is 4.79 Å². The molecule has 2 unspecified atom stereocenters. The van der Waals surface area contributed by atoms with Crippen molar-refractivity contribution in [2.45, 2.75) is 25.7 Å². The van der Waals surface area contributed by atoms with E-state index in [4.69, 9.17) is 0 Å². The van der Waals surface area contributed by atoms with Crippen LogP contribution in [0.25, 0.3) is 0 Å². The summed E-state index contributed by atoms with van der Waals surface area (Å²) in [5.74, 6) is 1.99. The molecule has 0 amide bonds. The van der Waals surface area contributed by atoms with Crippen molar-refractivity contribution in [2.75, 3.05) is 0 Å². The van der Waals surface area contributed by atoms with Gasteiger partial charge in [-0.15, -0.1) is 0 Å². The number of ketones is 1. The summed E-state index contributed by atoms with van der Waals surface area (Å²) in [7, 11) is 0. The van der Waals surface area contributed by atoms with Crippen molar-refractivity contribution < 1.29 is 4.79 Å². The normalized spacial score (nSPS) is 41.6. The Kier molecular flexibility index (Phi) is 1.11. The van der Waals surface area contributed by atoms with Crippen LogP contribution < -0.4 is 0 Å². The van der Waals surface area contributed by atoms with Crippen molar-refractivity contribution in [3.8, 4) is 0 Å². The first-order chi connectivity index (χ1) is 4.36. The Morgan fingerprint density at radius 1 is 1.22 bits per heavy atom. The molecule has 2 aliphatic carbocycles. The molecule has 1 radical (unpaired) electrons. The highest BCUT2D eigenvalue weighted by atomic mass is 16.1. The largest absolute Gasteiger partial charge is 0.300 e. The first-order valence-corrected chi connectivity index (χ1v) is 3.69. The van der Waals surface area contributed by atoms with Crippen LogP contribution >= 0.6 is 0 Å². The van der Waals surface area contributed by atoms with Crippen molar-refractivity contribution in [3.05, 3.63) is 6.42 Å². The fourth-order valence-electron chi connectivity index (χ4n) is 2.08. The number of hydrogen-bond acceptors (Lipinski definition) is 1. The number of carbonyl (C=O) groups is 1. The van der Waals surface area contributed by atoms with Crippen LogP contribution in [0.5, 0.6) is 0 Å². The van der Waals surface area contributed by atoms with Crippen LogP contribution in [0.2, 0.25) is 0 Å². The molecule has 0 aromatic heterocycles. The van der Waals surface area contributed by atoms with Crippen LogP contribution in [-0.4, -0.2) is 5.78 Å². The van der Waals surface area contributed by atoms with Gasteiger partial charge in [0.25, 0.3) is 0 Å². The quantitative estimate of drug-likeness (QED) is 0.478. The number of fused-ring (bicyclic) bond motifs is 1. The van der Waals surface area contributed by atoms with Crippen molar-refractivity contribution >= 4 is 5.78 Å². The molecule has 0 saturated heterocycles. The van der Waals surface area contributed by atoms with E-state index in [-0.39, 0.29) is 0 Å². The molecule has 0 aliphatic heterocycles. The molecule has 9 heavy (non-hydrogen) atoms. The van der Waals surface area contributed by atoms with Crippen molar-refractivity contribution in [1.82, 2.24) is 0 Å². The van der Waals surface area contributed by atoms with Gasteiger partial charge >= 0.3 is 0 Å². The molecule has 0 N–H and O–H groups in total. The highest BCUT2D eigenvalue weighted by molar-refractivity contribution is 5.81. The molecule has 2 atom stereocenters. The molecule has 49 valence electrons. The second-order valence-electron chi connectivity index (χ2n) is 3.23. The van der Waals surface area contributed by atoms with Gasteiger partial charge in [-0.3, -0.25) is 4.79 Å². The smallest absolute Gasteiger partial charge is 0.133 e. The maximum absolute atomic E-state index is 10.8. The first kappa shape index (κ1) is 5.45. The van der Waals surface area contributed by atoms with Gasteiger partial charge in [0.05, 0.1) is 0 Å². The average molecular weight is 123 g/mol. The Bertz CT molecular complexity index is 126. The average Bonchev–Trinajstić information content (AvgIpc) is 2.22. The lowest BCUT2D eigenvalue weighted by atomic mass is 10.0. The standard InChI is InChI=1S/C8H11O/c9-8-4-6-2-1-3-7(6)5-8/h1,6-7H,2-5H2. The molecule has 0 aromatic rings. The summed E-state index contributed by atoms with van der Waals surface area (Å²) in [6.07, 6.45) is 6.50. The van der Waals surface area contributed by atoms with Crippen LogP contribution in [0, 0.1) is 18.3 Å².